The fourth-order valence-electron chi connectivity index (χ4n) is 2.43. The molecule has 1 N–H and O–H groups in total. The highest BCUT2D eigenvalue weighted by Gasteiger charge is 2.41. The van der Waals surface area contributed by atoms with Crippen LogP contribution in [0, 0.1) is 5.41 Å². The Morgan fingerprint density at radius 2 is 2.00 bits per heavy atom. The van der Waals surface area contributed by atoms with E-state index < -0.39 is 12.4 Å². The van der Waals surface area contributed by atoms with Crippen molar-refractivity contribution in [3.05, 3.63) is 36.0 Å². The molecule has 0 spiro atoms. The van der Waals surface area contributed by atoms with Crippen LogP contribution in [-0.2, 0) is 20.7 Å². The summed E-state index contributed by atoms with van der Waals surface area (Å²) in [5.74, 6) is -0.268. The molecular weight excluding hydrogens is 254 g/mol. The molecule has 3 rings (SSSR count). The zero-order valence-electron chi connectivity index (χ0n) is 12.0. The number of para-hydroxylation sites is 1. The number of carbonyl (C=O) groups is 1. The summed E-state index contributed by atoms with van der Waals surface area (Å²) in [6.07, 6.45) is 1.49. The van der Waals surface area contributed by atoms with Gasteiger partial charge in [-0.15, -0.1) is 0 Å². The summed E-state index contributed by atoms with van der Waals surface area (Å²) in [6, 6.07) is 8.04. The van der Waals surface area contributed by atoms with Crippen molar-refractivity contribution in [1.29, 1.82) is 0 Å². The summed E-state index contributed by atoms with van der Waals surface area (Å²) in [5.41, 5.74) is 1.95. The number of benzene rings is 1. The Hall–Kier alpha value is -1.81. The Morgan fingerprint density at radius 1 is 1.25 bits per heavy atom. The minimum Gasteiger partial charge on any atom is -0.433 e. The number of hydrogen-bond donors (Lipinski definition) is 1. The Bertz CT molecular complexity index is 638. The quantitative estimate of drug-likeness (QED) is 0.856. The van der Waals surface area contributed by atoms with E-state index in [9.17, 15) is 4.79 Å². The molecule has 2 heterocycles. The summed E-state index contributed by atoms with van der Waals surface area (Å²) in [4.78, 5) is 15.1. The maximum atomic E-state index is 11.9. The van der Waals surface area contributed by atoms with Gasteiger partial charge < -0.3 is 14.5 Å². The minimum absolute atomic E-state index is 0.204. The summed E-state index contributed by atoms with van der Waals surface area (Å²) in [5, 5.41) is 1.13. The minimum atomic E-state index is -0.515. The van der Waals surface area contributed by atoms with Crippen LogP contribution in [0.15, 0.2) is 30.5 Å². The van der Waals surface area contributed by atoms with Crippen molar-refractivity contribution in [2.24, 2.45) is 5.41 Å². The van der Waals surface area contributed by atoms with Gasteiger partial charge in [0.2, 0.25) is 6.29 Å². The Morgan fingerprint density at radius 3 is 2.70 bits per heavy atom. The molecule has 0 amide bonds. The SMILES string of the molecule is CC(C)(C)[C@H]1OC(=O)[C@@H](Cc2c[nH]c3ccccc23)O1. The highest BCUT2D eigenvalue weighted by molar-refractivity contribution is 5.84. The summed E-state index contributed by atoms with van der Waals surface area (Å²) < 4.78 is 11.1. The van der Waals surface area contributed by atoms with Crippen LogP contribution >= 0.6 is 0 Å². The van der Waals surface area contributed by atoms with E-state index in [0.717, 1.165) is 16.5 Å². The third kappa shape index (κ3) is 2.31. The number of aromatic nitrogens is 1. The lowest BCUT2D eigenvalue weighted by molar-refractivity contribution is -0.154. The molecule has 4 heteroatoms. The molecule has 1 aromatic heterocycles. The van der Waals surface area contributed by atoms with E-state index in [2.05, 4.69) is 4.98 Å². The summed E-state index contributed by atoms with van der Waals surface area (Å²) in [7, 11) is 0. The molecule has 2 atom stereocenters. The van der Waals surface area contributed by atoms with E-state index in [1.807, 2.05) is 51.2 Å². The number of rotatable bonds is 2. The van der Waals surface area contributed by atoms with Crippen molar-refractivity contribution in [2.75, 3.05) is 0 Å². The van der Waals surface area contributed by atoms with Crippen LogP contribution in [0.2, 0.25) is 0 Å². The van der Waals surface area contributed by atoms with Crippen molar-refractivity contribution in [1.82, 2.24) is 4.98 Å². The summed E-state index contributed by atoms with van der Waals surface area (Å²) in [6.45, 7) is 6.00. The third-order valence-corrected chi connectivity index (χ3v) is 3.56. The zero-order valence-corrected chi connectivity index (χ0v) is 12.0. The maximum absolute atomic E-state index is 11.9. The number of ether oxygens (including phenoxy) is 2. The van der Waals surface area contributed by atoms with E-state index in [4.69, 9.17) is 9.47 Å². The number of cyclic esters (lactones) is 1. The first-order chi connectivity index (χ1) is 9.45. The van der Waals surface area contributed by atoms with Gasteiger partial charge >= 0.3 is 5.97 Å². The van der Waals surface area contributed by atoms with E-state index >= 15 is 0 Å². The van der Waals surface area contributed by atoms with Crippen LogP contribution in [0.5, 0.6) is 0 Å². The van der Waals surface area contributed by atoms with E-state index in [-0.39, 0.29) is 11.4 Å². The predicted octanol–water partition coefficient (Wildman–Crippen LogP) is 3.02. The van der Waals surface area contributed by atoms with E-state index in [1.165, 1.54) is 0 Å². The number of nitrogens with one attached hydrogen (secondary N) is 1. The van der Waals surface area contributed by atoms with Gasteiger partial charge in [-0.05, 0) is 11.6 Å². The second-order valence-corrected chi connectivity index (χ2v) is 6.32. The highest BCUT2D eigenvalue weighted by atomic mass is 16.8. The smallest absolute Gasteiger partial charge is 0.338 e. The van der Waals surface area contributed by atoms with Crippen molar-refractivity contribution < 1.29 is 14.3 Å². The van der Waals surface area contributed by atoms with Gasteiger partial charge in [-0.1, -0.05) is 39.0 Å². The molecular formula is C16H19NO3. The molecule has 0 radical (unpaired) electrons. The fraction of sp³-hybridized carbons (Fsp3) is 0.438. The monoisotopic (exact) mass is 273 g/mol. The van der Waals surface area contributed by atoms with Gasteiger partial charge in [-0.3, -0.25) is 0 Å². The Kier molecular flexibility index (Phi) is 3.05. The van der Waals surface area contributed by atoms with E-state index in [1.54, 1.807) is 0 Å². The van der Waals surface area contributed by atoms with Crippen LogP contribution in [0.3, 0.4) is 0 Å². The zero-order chi connectivity index (χ0) is 14.3. The molecule has 4 nitrogen and oxygen atoms in total. The van der Waals surface area contributed by atoms with Gasteiger partial charge in [0, 0.05) is 28.9 Å². The molecule has 0 bridgehead atoms. The van der Waals surface area contributed by atoms with Gasteiger partial charge in [0.05, 0.1) is 0 Å². The molecule has 1 aromatic carbocycles. The molecule has 0 aliphatic carbocycles. The molecule has 20 heavy (non-hydrogen) atoms. The van der Waals surface area contributed by atoms with Gasteiger partial charge in [-0.2, -0.15) is 0 Å². The van der Waals surface area contributed by atoms with Crippen molar-refractivity contribution >= 4 is 16.9 Å². The molecule has 0 unspecified atom stereocenters. The lowest BCUT2D eigenvalue weighted by atomic mass is 9.96. The normalized spacial score (nSPS) is 23.2. The number of fused-ring (bicyclic) bond motifs is 1. The average Bonchev–Trinajstić information content (AvgIpc) is 2.95. The molecule has 1 saturated heterocycles. The van der Waals surface area contributed by atoms with Crippen LogP contribution in [-0.4, -0.2) is 23.3 Å². The number of carbonyl (C=O) groups excluding carboxylic acids is 1. The van der Waals surface area contributed by atoms with Crippen LogP contribution < -0.4 is 0 Å². The summed E-state index contributed by atoms with van der Waals surface area (Å²) >= 11 is 0. The van der Waals surface area contributed by atoms with Crippen LogP contribution in [0.1, 0.15) is 26.3 Å². The van der Waals surface area contributed by atoms with Gasteiger partial charge in [0.25, 0.3) is 0 Å². The van der Waals surface area contributed by atoms with Crippen molar-refractivity contribution in [2.45, 2.75) is 39.6 Å². The topological polar surface area (TPSA) is 51.3 Å². The number of H-pyrrole nitrogens is 1. The lowest BCUT2D eigenvalue weighted by Gasteiger charge is -2.24. The Balaban J connectivity index is 1.80. The van der Waals surface area contributed by atoms with Crippen LogP contribution in [0.25, 0.3) is 10.9 Å². The number of aromatic amines is 1. The number of hydrogen-bond acceptors (Lipinski definition) is 3. The molecule has 2 aromatic rings. The second kappa shape index (κ2) is 4.63. The third-order valence-electron chi connectivity index (χ3n) is 3.56. The van der Waals surface area contributed by atoms with Crippen molar-refractivity contribution in [3.8, 4) is 0 Å². The van der Waals surface area contributed by atoms with Crippen LogP contribution in [0.4, 0.5) is 0 Å². The molecule has 1 fully saturated rings. The maximum Gasteiger partial charge on any atom is 0.338 e. The standard InChI is InChI=1S/C16H19NO3/c1-16(2,3)15-19-13(14(18)20-15)8-10-9-17-12-7-5-4-6-11(10)12/h4-7,9,13,15,17H,8H2,1-3H3/t13-,15-/m1/s1. The average molecular weight is 273 g/mol. The molecule has 0 saturated carbocycles. The number of esters is 1. The first-order valence-corrected chi connectivity index (χ1v) is 6.86. The largest absolute Gasteiger partial charge is 0.433 e. The molecule has 1 aliphatic heterocycles. The first kappa shape index (κ1) is 13.2. The van der Waals surface area contributed by atoms with Gasteiger partial charge in [0.1, 0.15) is 0 Å². The molecule has 106 valence electrons. The predicted molar refractivity (Wildman–Crippen MR) is 76.2 cm³/mol. The van der Waals surface area contributed by atoms with Crippen molar-refractivity contribution in [3.63, 3.8) is 0 Å². The second-order valence-electron chi connectivity index (χ2n) is 6.32. The lowest BCUT2D eigenvalue weighted by Crippen LogP contribution is -2.28. The first-order valence-electron chi connectivity index (χ1n) is 6.86. The van der Waals surface area contributed by atoms with E-state index in [0.29, 0.717) is 6.42 Å². The highest BCUT2D eigenvalue weighted by Crippen LogP contribution is 2.31. The molecule has 1 aliphatic rings. The Labute approximate surface area is 118 Å². The van der Waals surface area contributed by atoms with Gasteiger partial charge in [-0.25, -0.2) is 4.79 Å². The van der Waals surface area contributed by atoms with Gasteiger partial charge in [0.15, 0.2) is 6.10 Å². The fourth-order valence-corrected chi connectivity index (χ4v) is 2.43.